The third-order valence-corrected chi connectivity index (χ3v) is 3.20. The Balaban J connectivity index is 1.82. The molecule has 0 saturated carbocycles. The number of hydrogen-bond donors (Lipinski definition) is 2. The maximum atomic E-state index is 11.2. The first-order chi connectivity index (χ1) is 10.7. The summed E-state index contributed by atoms with van der Waals surface area (Å²) in [6, 6.07) is 7.15. The average molecular weight is 320 g/mol. The summed E-state index contributed by atoms with van der Waals surface area (Å²) in [5.74, 6) is 0.664. The Morgan fingerprint density at radius 2 is 2.23 bits per heavy atom. The van der Waals surface area contributed by atoms with E-state index in [0.29, 0.717) is 23.3 Å². The number of hydrogen-bond acceptors (Lipinski definition) is 8. The summed E-state index contributed by atoms with van der Waals surface area (Å²) in [6.07, 6.45) is 1.65. The van der Waals surface area contributed by atoms with Gasteiger partial charge in [-0.15, -0.1) is 11.3 Å². The number of carbonyl (C=O) groups is 1. The molecule has 0 saturated heterocycles. The molecule has 1 aromatic carbocycles. The largest absolute Gasteiger partial charge is 0.482 e. The fourth-order valence-electron chi connectivity index (χ4n) is 1.49. The molecular weight excluding hydrogens is 304 g/mol. The zero-order valence-corrected chi connectivity index (χ0v) is 12.8. The molecule has 8 heteroatoms. The van der Waals surface area contributed by atoms with Gasteiger partial charge in [0.2, 0.25) is 5.13 Å². The van der Waals surface area contributed by atoms with Gasteiger partial charge in [0.25, 0.3) is 0 Å². The van der Waals surface area contributed by atoms with E-state index < -0.39 is 0 Å². The molecule has 7 nitrogen and oxygen atoms in total. The van der Waals surface area contributed by atoms with Gasteiger partial charge in [-0.2, -0.15) is 5.10 Å². The van der Waals surface area contributed by atoms with E-state index in [1.165, 1.54) is 11.3 Å². The van der Waals surface area contributed by atoms with Crippen LogP contribution in [-0.4, -0.2) is 30.4 Å². The summed E-state index contributed by atoms with van der Waals surface area (Å²) >= 11 is 1.38. The number of nitrogens with zero attached hydrogens (tertiary/aromatic N) is 2. The van der Waals surface area contributed by atoms with E-state index in [1.807, 2.05) is 12.1 Å². The lowest BCUT2D eigenvalue weighted by Gasteiger charge is -2.05. The van der Waals surface area contributed by atoms with Crippen LogP contribution in [0, 0.1) is 0 Å². The number of nitrogens with one attached hydrogen (secondary N) is 1. The van der Waals surface area contributed by atoms with Crippen molar-refractivity contribution in [2.75, 3.05) is 24.4 Å². The first kappa shape index (κ1) is 15.8. The minimum Gasteiger partial charge on any atom is -0.482 e. The van der Waals surface area contributed by atoms with Gasteiger partial charge in [0, 0.05) is 5.38 Å². The van der Waals surface area contributed by atoms with Crippen molar-refractivity contribution in [2.24, 2.45) is 5.10 Å². The lowest BCUT2D eigenvalue weighted by molar-refractivity contribution is -0.145. The molecular formula is C14H16N4O3S. The molecule has 0 spiro atoms. The molecule has 2 rings (SSSR count). The molecule has 0 bridgehead atoms. The summed E-state index contributed by atoms with van der Waals surface area (Å²) in [7, 11) is 0. The normalized spacial score (nSPS) is 10.6. The predicted molar refractivity (Wildman–Crippen MR) is 86.3 cm³/mol. The van der Waals surface area contributed by atoms with Crippen LogP contribution in [0.15, 0.2) is 34.7 Å². The topological polar surface area (TPSA) is 98.8 Å². The SMILES string of the molecule is CCOC(=O)COc1ccc(C=NNc2nc(N)cs2)cc1. The van der Waals surface area contributed by atoms with E-state index in [0.717, 1.165) is 5.56 Å². The molecule has 0 aliphatic rings. The fourth-order valence-corrected chi connectivity index (χ4v) is 2.04. The summed E-state index contributed by atoms with van der Waals surface area (Å²) in [5, 5.41) is 6.41. The fraction of sp³-hybridized carbons (Fsp3) is 0.214. The molecule has 3 N–H and O–H groups in total. The molecule has 116 valence electrons. The minimum atomic E-state index is -0.389. The molecule has 0 fully saturated rings. The zero-order valence-electron chi connectivity index (χ0n) is 12.0. The van der Waals surface area contributed by atoms with Gasteiger partial charge in [0.15, 0.2) is 6.61 Å². The van der Waals surface area contributed by atoms with E-state index in [1.54, 1.807) is 30.7 Å². The Kier molecular flexibility index (Phi) is 5.73. The number of ether oxygens (including phenoxy) is 2. The van der Waals surface area contributed by atoms with E-state index in [4.69, 9.17) is 15.2 Å². The van der Waals surface area contributed by atoms with Crippen LogP contribution in [0.5, 0.6) is 5.75 Å². The molecule has 0 amide bonds. The Labute approximate surface area is 131 Å². The summed E-state index contributed by atoms with van der Waals surface area (Å²) in [6.45, 7) is 1.99. The minimum absolute atomic E-state index is 0.103. The van der Waals surface area contributed by atoms with Crippen LogP contribution in [-0.2, 0) is 9.53 Å². The van der Waals surface area contributed by atoms with Crippen molar-refractivity contribution in [3.8, 4) is 5.75 Å². The highest BCUT2D eigenvalue weighted by atomic mass is 32.1. The Morgan fingerprint density at radius 3 is 2.86 bits per heavy atom. The number of benzene rings is 1. The van der Waals surface area contributed by atoms with Gasteiger partial charge in [0.1, 0.15) is 11.6 Å². The van der Waals surface area contributed by atoms with Crippen molar-refractivity contribution in [1.82, 2.24) is 4.98 Å². The van der Waals surface area contributed by atoms with Crippen LogP contribution in [0.4, 0.5) is 10.9 Å². The molecule has 0 aliphatic carbocycles. The van der Waals surface area contributed by atoms with E-state index in [-0.39, 0.29) is 12.6 Å². The maximum absolute atomic E-state index is 11.2. The summed E-state index contributed by atoms with van der Waals surface area (Å²) < 4.78 is 10.1. The lowest BCUT2D eigenvalue weighted by Crippen LogP contribution is -2.14. The third kappa shape index (κ3) is 5.06. The van der Waals surface area contributed by atoms with Gasteiger partial charge in [-0.25, -0.2) is 9.78 Å². The second-order valence-electron chi connectivity index (χ2n) is 4.11. The van der Waals surface area contributed by atoms with Crippen molar-refractivity contribution < 1.29 is 14.3 Å². The molecule has 0 atom stereocenters. The second kappa shape index (κ2) is 7.99. The molecule has 2 aromatic rings. The number of rotatable bonds is 7. The van der Waals surface area contributed by atoms with Crippen LogP contribution >= 0.6 is 11.3 Å². The van der Waals surface area contributed by atoms with Crippen LogP contribution in [0.2, 0.25) is 0 Å². The van der Waals surface area contributed by atoms with Gasteiger partial charge < -0.3 is 15.2 Å². The number of anilines is 2. The van der Waals surface area contributed by atoms with Crippen molar-refractivity contribution in [3.05, 3.63) is 35.2 Å². The van der Waals surface area contributed by atoms with Crippen LogP contribution in [0.3, 0.4) is 0 Å². The molecule has 0 unspecified atom stereocenters. The van der Waals surface area contributed by atoms with Crippen LogP contribution in [0.25, 0.3) is 0 Å². The lowest BCUT2D eigenvalue weighted by atomic mass is 10.2. The third-order valence-electron chi connectivity index (χ3n) is 2.44. The van der Waals surface area contributed by atoms with Gasteiger partial charge in [-0.05, 0) is 36.8 Å². The molecule has 1 aromatic heterocycles. The van der Waals surface area contributed by atoms with Gasteiger partial charge >= 0.3 is 5.97 Å². The number of hydrazone groups is 1. The molecule has 1 heterocycles. The van der Waals surface area contributed by atoms with Crippen molar-refractivity contribution in [3.63, 3.8) is 0 Å². The van der Waals surface area contributed by atoms with Crippen molar-refractivity contribution in [1.29, 1.82) is 0 Å². The Morgan fingerprint density at radius 1 is 1.45 bits per heavy atom. The number of carbonyl (C=O) groups excluding carboxylic acids is 1. The number of aromatic nitrogens is 1. The van der Waals surface area contributed by atoms with E-state index >= 15 is 0 Å². The highest BCUT2D eigenvalue weighted by molar-refractivity contribution is 7.14. The quantitative estimate of drug-likeness (QED) is 0.460. The summed E-state index contributed by atoms with van der Waals surface area (Å²) in [4.78, 5) is 15.2. The summed E-state index contributed by atoms with van der Waals surface area (Å²) in [5.41, 5.74) is 9.17. The van der Waals surface area contributed by atoms with E-state index in [2.05, 4.69) is 15.5 Å². The van der Waals surface area contributed by atoms with Crippen LogP contribution < -0.4 is 15.9 Å². The number of thiazole rings is 1. The standard InChI is InChI=1S/C14H16N4O3S/c1-2-20-13(19)8-21-11-5-3-10(4-6-11)7-16-18-14-17-12(15)9-22-14/h3-7,9H,2,8,15H2,1H3,(H,17,18). The van der Waals surface area contributed by atoms with Gasteiger partial charge in [-0.3, -0.25) is 5.43 Å². The van der Waals surface area contributed by atoms with Gasteiger partial charge in [-0.1, -0.05) is 0 Å². The van der Waals surface area contributed by atoms with E-state index in [9.17, 15) is 4.79 Å². The van der Waals surface area contributed by atoms with Crippen LogP contribution in [0.1, 0.15) is 12.5 Å². The number of nitrogen functional groups attached to an aromatic ring is 1. The molecule has 0 radical (unpaired) electrons. The second-order valence-corrected chi connectivity index (χ2v) is 4.97. The maximum Gasteiger partial charge on any atom is 0.344 e. The number of esters is 1. The molecule has 22 heavy (non-hydrogen) atoms. The van der Waals surface area contributed by atoms with Crippen molar-refractivity contribution >= 4 is 34.5 Å². The first-order valence-corrected chi connectivity index (χ1v) is 7.44. The zero-order chi connectivity index (χ0) is 15.8. The first-order valence-electron chi connectivity index (χ1n) is 6.56. The Hall–Kier alpha value is -2.61. The highest BCUT2D eigenvalue weighted by Crippen LogP contribution is 2.16. The molecule has 0 aliphatic heterocycles. The predicted octanol–water partition coefficient (Wildman–Crippen LogP) is 2.11. The van der Waals surface area contributed by atoms with Crippen molar-refractivity contribution in [2.45, 2.75) is 6.92 Å². The number of nitrogens with two attached hydrogens (primary N) is 1. The Bertz CT molecular complexity index is 640. The average Bonchev–Trinajstić information content (AvgIpc) is 2.92. The highest BCUT2D eigenvalue weighted by Gasteiger charge is 2.02. The monoisotopic (exact) mass is 320 g/mol. The van der Waals surface area contributed by atoms with Gasteiger partial charge in [0.05, 0.1) is 12.8 Å². The smallest absolute Gasteiger partial charge is 0.344 e.